The van der Waals surface area contributed by atoms with E-state index in [1.54, 1.807) is 38.5 Å². The normalized spacial score (nSPS) is 12.9. The van der Waals surface area contributed by atoms with Gasteiger partial charge in [0.15, 0.2) is 0 Å². The zero-order valence-electron chi connectivity index (χ0n) is 19.0. The summed E-state index contributed by atoms with van der Waals surface area (Å²) in [6, 6.07) is 23.8. The minimum absolute atomic E-state index is 0. The lowest BCUT2D eigenvalue weighted by Crippen LogP contribution is -2.44. The Morgan fingerprint density at radius 2 is 1.52 bits per heavy atom. The summed E-state index contributed by atoms with van der Waals surface area (Å²) in [6.07, 6.45) is 0.564. The lowest BCUT2D eigenvalue weighted by atomic mass is 10.0. The molecule has 2 atom stereocenters. The van der Waals surface area contributed by atoms with Crippen LogP contribution < -0.4 is 19.5 Å². The Bertz CT molecular complexity index is 1090. The van der Waals surface area contributed by atoms with Gasteiger partial charge in [-0.1, -0.05) is 42.5 Å². The molecule has 3 aromatic carbocycles. The van der Waals surface area contributed by atoms with Gasteiger partial charge < -0.3 is 14.8 Å². The minimum Gasteiger partial charge on any atom is -0.497 e. The Kier molecular flexibility index (Phi) is 10.2. The third-order valence-electron chi connectivity index (χ3n) is 5.28. The van der Waals surface area contributed by atoms with Crippen molar-refractivity contribution in [1.82, 2.24) is 10.0 Å². The van der Waals surface area contributed by atoms with E-state index in [4.69, 9.17) is 9.47 Å². The summed E-state index contributed by atoms with van der Waals surface area (Å²) in [4.78, 5) is 0.206. The first-order valence-corrected chi connectivity index (χ1v) is 12.0. The number of ether oxygens (including phenoxy) is 2. The van der Waals surface area contributed by atoms with Crippen LogP contribution in [0.2, 0.25) is 0 Å². The van der Waals surface area contributed by atoms with E-state index in [0.717, 1.165) is 16.9 Å². The highest BCUT2D eigenvalue weighted by Crippen LogP contribution is 2.20. The highest BCUT2D eigenvalue weighted by molar-refractivity contribution is 7.89. The predicted molar refractivity (Wildman–Crippen MR) is 134 cm³/mol. The number of nitrogens with one attached hydrogen (secondary N) is 2. The van der Waals surface area contributed by atoms with Crippen LogP contribution in [-0.2, 0) is 16.4 Å². The van der Waals surface area contributed by atoms with Crippen LogP contribution in [0.3, 0.4) is 0 Å². The monoisotopic (exact) mass is 490 g/mol. The molecule has 0 aliphatic carbocycles. The van der Waals surface area contributed by atoms with E-state index >= 15 is 0 Å². The van der Waals surface area contributed by atoms with Crippen LogP contribution in [0.1, 0.15) is 24.1 Å². The zero-order chi connectivity index (χ0) is 23.0. The standard InChI is InChI=1S/C25H30N2O4S.ClH/c1-19(21-10-7-11-24(17-21)31-3)26-18-22(16-20-8-5-4-6-9-20)27-32(28,29)25-14-12-23(30-2)13-15-25;/h4-15,17,19,22,26-27H,16,18H2,1-3H3;1H. The molecule has 3 rings (SSSR count). The zero-order valence-corrected chi connectivity index (χ0v) is 20.7. The molecule has 0 aliphatic rings. The Labute approximate surface area is 202 Å². The Morgan fingerprint density at radius 1 is 0.848 bits per heavy atom. The molecule has 178 valence electrons. The highest BCUT2D eigenvalue weighted by atomic mass is 35.5. The molecule has 0 aliphatic heterocycles. The second kappa shape index (κ2) is 12.6. The minimum atomic E-state index is -3.69. The molecule has 0 spiro atoms. The van der Waals surface area contributed by atoms with E-state index in [2.05, 4.69) is 10.0 Å². The molecular weight excluding hydrogens is 460 g/mol. The Morgan fingerprint density at radius 3 is 2.15 bits per heavy atom. The molecule has 3 aromatic rings. The van der Waals surface area contributed by atoms with E-state index in [-0.39, 0.29) is 29.4 Å². The SMILES string of the molecule is COc1ccc(S(=O)(=O)NC(CNC(C)c2cccc(OC)c2)Cc2ccccc2)cc1.Cl. The summed E-state index contributed by atoms with van der Waals surface area (Å²) >= 11 is 0. The number of sulfonamides is 1. The van der Waals surface area contributed by atoms with Crippen molar-refractivity contribution in [2.45, 2.75) is 30.3 Å². The van der Waals surface area contributed by atoms with Crippen molar-refractivity contribution < 1.29 is 17.9 Å². The van der Waals surface area contributed by atoms with Crippen LogP contribution in [0.5, 0.6) is 11.5 Å². The smallest absolute Gasteiger partial charge is 0.240 e. The van der Waals surface area contributed by atoms with E-state index in [9.17, 15) is 8.42 Å². The quantitative estimate of drug-likeness (QED) is 0.417. The Hall–Kier alpha value is -2.58. The van der Waals surface area contributed by atoms with Crippen molar-refractivity contribution in [2.24, 2.45) is 0 Å². The number of rotatable bonds is 11. The van der Waals surface area contributed by atoms with E-state index in [1.165, 1.54) is 0 Å². The average molecular weight is 491 g/mol. The van der Waals surface area contributed by atoms with Gasteiger partial charge in [-0.2, -0.15) is 0 Å². The maximum absolute atomic E-state index is 13.0. The summed E-state index contributed by atoms with van der Waals surface area (Å²) < 4.78 is 39.4. The van der Waals surface area contributed by atoms with Gasteiger partial charge in [0.05, 0.1) is 19.1 Å². The molecule has 2 N–H and O–H groups in total. The fraction of sp³-hybridized carbons (Fsp3) is 0.280. The second-order valence-electron chi connectivity index (χ2n) is 7.59. The first-order chi connectivity index (χ1) is 15.4. The van der Waals surface area contributed by atoms with Gasteiger partial charge in [-0.05, 0) is 60.9 Å². The van der Waals surface area contributed by atoms with Crippen molar-refractivity contribution in [2.75, 3.05) is 20.8 Å². The first-order valence-electron chi connectivity index (χ1n) is 10.5. The molecule has 0 radical (unpaired) electrons. The van der Waals surface area contributed by atoms with Gasteiger partial charge in [-0.15, -0.1) is 12.4 Å². The largest absolute Gasteiger partial charge is 0.497 e. The van der Waals surface area contributed by atoms with Gasteiger partial charge in [-0.3, -0.25) is 0 Å². The summed E-state index contributed by atoms with van der Waals surface area (Å²) in [6.45, 7) is 2.51. The Balaban J connectivity index is 0.00000385. The van der Waals surface area contributed by atoms with Crippen LogP contribution >= 0.6 is 12.4 Å². The maximum Gasteiger partial charge on any atom is 0.240 e. The third kappa shape index (κ3) is 7.75. The average Bonchev–Trinajstić information content (AvgIpc) is 2.83. The topological polar surface area (TPSA) is 76.7 Å². The van der Waals surface area contributed by atoms with E-state index < -0.39 is 10.0 Å². The molecule has 33 heavy (non-hydrogen) atoms. The third-order valence-corrected chi connectivity index (χ3v) is 6.82. The van der Waals surface area contributed by atoms with Crippen molar-refractivity contribution in [3.63, 3.8) is 0 Å². The maximum atomic E-state index is 13.0. The molecular formula is C25H31ClN2O4S. The lowest BCUT2D eigenvalue weighted by Gasteiger charge is -2.23. The van der Waals surface area contributed by atoms with Crippen LogP contribution in [0.15, 0.2) is 83.8 Å². The lowest BCUT2D eigenvalue weighted by molar-refractivity contribution is 0.413. The number of hydrogen-bond acceptors (Lipinski definition) is 5. The van der Waals surface area contributed by atoms with Crippen molar-refractivity contribution in [3.05, 3.63) is 90.0 Å². The van der Waals surface area contributed by atoms with Crippen LogP contribution in [0.4, 0.5) is 0 Å². The second-order valence-corrected chi connectivity index (χ2v) is 9.30. The number of benzene rings is 3. The summed E-state index contributed by atoms with van der Waals surface area (Å²) in [5.74, 6) is 1.40. The van der Waals surface area contributed by atoms with Gasteiger partial charge in [0.2, 0.25) is 10.0 Å². The summed E-state index contributed by atoms with van der Waals surface area (Å²) in [5.41, 5.74) is 2.13. The van der Waals surface area contributed by atoms with Crippen molar-refractivity contribution in [3.8, 4) is 11.5 Å². The molecule has 0 bridgehead atoms. The number of halogens is 1. The molecule has 0 saturated heterocycles. The molecule has 0 aromatic heterocycles. The van der Waals surface area contributed by atoms with Gasteiger partial charge in [0.25, 0.3) is 0 Å². The molecule has 0 amide bonds. The summed E-state index contributed by atoms with van der Waals surface area (Å²) in [5, 5.41) is 3.46. The van der Waals surface area contributed by atoms with E-state index in [0.29, 0.717) is 18.7 Å². The van der Waals surface area contributed by atoms with Gasteiger partial charge in [0.1, 0.15) is 11.5 Å². The van der Waals surface area contributed by atoms with Crippen LogP contribution in [-0.4, -0.2) is 35.2 Å². The predicted octanol–water partition coefficient (Wildman–Crippen LogP) is 4.37. The van der Waals surface area contributed by atoms with Gasteiger partial charge in [0, 0.05) is 18.6 Å². The molecule has 6 nitrogen and oxygen atoms in total. The highest BCUT2D eigenvalue weighted by Gasteiger charge is 2.21. The molecule has 0 fully saturated rings. The molecule has 8 heteroatoms. The van der Waals surface area contributed by atoms with Crippen molar-refractivity contribution in [1.29, 1.82) is 0 Å². The molecule has 0 heterocycles. The first kappa shape index (κ1) is 26.7. The van der Waals surface area contributed by atoms with Crippen LogP contribution in [0.25, 0.3) is 0 Å². The molecule has 2 unspecified atom stereocenters. The number of methoxy groups -OCH3 is 2. The fourth-order valence-electron chi connectivity index (χ4n) is 3.44. The van der Waals surface area contributed by atoms with Crippen molar-refractivity contribution >= 4 is 22.4 Å². The summed E-state index contributed by atoms with van der Waals surface area (Å²) in [7, 11) is -0.505. The van der Waals surface area contributed by atoms with Gasteiger partial charge >= 0.3 is 0 Å². The fourth-order valence-corrected chi connectivity index (χ4v) is 4.68. The number of hydrogen-bond donors (Lipinski definition) is 2. The van der Waals surface area contributed by atoms with E-state index in [1.807, 2.05) is 61.5 Å². The van der Waals surface area contributed by atoms with Crippen LogP contribution in [0, 0.1) is 0 Å². The molecule has 0 saturated carbocycles. The van der Waals surface area contributed by atoms with Gasteiger partial charge in [-0.25, -0.2) is 13.1 Å².